The monoisotopic (exact) mass is 258 g/mol. The molecule has 0 N–H and O–H groups in total. The number of aromatic nitrogens is 2. The van der Waals surface area contributed by atoms with Crippen LogP contribution in [0.1, 0.15) is 18.4 Å². The van der Waals surface area contributed by atoms with E-state index in [9.17, 15) is 4.79 Å². The number of methoxy groups -OCH3 is 1. The lowest BCUT2D eigenvalue weighted by Crippen LogP contribution is -2.04. The number of carbonyl (C=O) groups is 1. The molecule has 1 rings (SSSR count). The van der Waals surface area contributed by atoms with Crippen LogP contribution < -0.4 is 0 Å². The Balaban J connectivity index is 2.49. The third kappa shape index (κ3) is 3.94. The van der Waals surface area contributed by atoms with Gasteiger partial charge in [-0.2, -0.15) is 0 Å². The normalized spacial score (nSPS) is 11.6. The van der Waals surface area contributed by atoms with Crippen LogP contribution in [0.5, 0.6) is 0 Å². The minimum atomic E-state index is -0.253. The number of hydrogen-bond acceptors (Lipinski definition) is 6. The molecule has 0 saturated heterocycles. The van der Waals surface area contributed by atoms with E-state index in [2.05, 4.69) is 14.9 Å². The number of rotatable bonds is 5. The maximum absolute atomic E-state index is 11.3. The first-order chi connectivity index (χ1) is 7.67. The molecule has 0 aliphatic heterocycles. The number of hydrogen-bond donors (Lipinski definition) is 0. The third-order valence-electron chi connectivity index (χ3n) is 1.87. The molecule has 88 valence electrons. The predicted molar refractivity (Wildman–Crippen MR) is 65.8 cm³/mol. The third-order valence-corrected chi connectivity index (χ3v) is 3.77. The molecule has 0 amide bonds. The lowest BCUT2D eigenvalue weighted by Gasteiger charge is -2.00. The molecular formula is C10H14N2O2S2. The molecule has 0 atom stereocenters. The van der Waals surface area contributed by atoms with E-state index in [0.717, 1.165) is 9.35 Å². The Kier molecular flexibility index (Phi) is 5.48. The van der Waals surface area contributed by atoms with Crippen molar-refractivity contribution in [3.05, 3.63) is 16.7 Å². The highest BCUT2D eigenvalue weighted by Crippen LogP contribution is 2.22. The summed E-state index contributed by atoms with van der Waals surface area (Å²) in [6.07, 6.45) is 2.57. The summed E-state index contributed by atoms with van der Waals surface area (Å²) in [5, 5.41) is 8.86. The van der Waals surface area contributed by atoms with Crippen molar-refractivity contribution < 1.29 is 9.53 Å². The van der Waals surface area contributed by atoms with Crippen molar-refractivity contribution in [2.75, 3.05) is 12.9 Å². The maximum Gasteiger partial charge on any atom is 0.333 e. The van der Waals surface area contributed by atoms with Gasteiger partial charge in [-0.3, -0.25) is 0 Å². The van der Waals surface area contributed by atoms with Crippen molar-refractivity contribution in [3.8, 4) is 0 Å². The standard InChI is InChI=1S/C10H14N2O2S2/c1-4-8(9(13)14-3)5-6-15-10-12-11-7(2)16-10/h5H,4,6H2,1-3H3. The summed E-state index contributed by atoms with van der Waals surface area (Å²) in [7, 11) is 1.40. The first-order valence-electron chi connectivity index (χ1n) is 4.87. The van der Waals surface area contributed by atoms with Gasteiger partial charge in [-0.15, -0.1) is 10.2 Å². The Morgan fingerprint density at radius 3 is 2.81 bits per heavy atom. The molecule has 0 unspecified atom stereocenters. The van der Waals surface area contributed by atoms with Gasteiger partial charge in [0.2, 0.25) is 0 Å². The summed E-state index contributed by atoms with van der Waals surface area (Å²) in [5.74, 6) is 0.462. The fourth-order valence-electron chi connectivity index (χ4n) is 1.05. The second-order valence-electron chi connectivity index (χ2n) is 2.97. The minimum absolute atomic E-state index is 0.253. The Hall–Kier alpha value is -0.880. The quantitative estimate of drug-likeness (QED) is 0.461. The van der Waals surface area contributed by atoms with E-state index in [1.54, 1.807) is 23.1 Å². The molecule has 1 aromatic rings. The topological polar surface area (TPSA) is 52.1 Å². The van der Waals surface area contributed by atoms with Crippen LogP contribution >= 0.6 is 23.1 Å². The summed E-state index contributed by atoms with van der Waals surface area (Å²) in [6, 6.07) is 0. The molecule has 0 aliphatic carbocycles. The molecule has 16 heavy (non-hydrogen) atoms. The van der Waals surface area contributed by atoms with Crippen molar-refractivity contribution in [2.24, 2.45) is 0 Å². The molecule has 0 aromatic carbocycles. The number of esters is 1. The lowest BCUT2D eigenvalue weighted by molar-refractivity contribution is -0.136. The van der Waals surface area contributed by atoms with Crippen LogP contribution in [0.2, 0.25) is 0 Å². The van der Waals surface area contributed by atoms with Gasteiger partial charge < -0.3 is 4.74 Å². The molecule has 0 saturated carbocycles. The molecule has 1 aromatic heterocycles. The van der Waals surface area contributed by atoms with E-state index in [1.165, 1.54) is 7.11 Å². The number of nitrogens with zero attached hydrogens (tertiary/aromatic N) is 2. The molecule has 0 spiro atoms. The fraction of sp³-hybridized carbons (Fsp3) is 0.500. The Morgan fingerprint density at radius 2 is 2.31 bits per heavy atom. The molecule has 0 radical (unpaired) electrons. The van der Waals surface area contributed by atoms with Crippen molar-refractivity contribution in [2.45, 2.75) is 24.6 Å². The summed E-state index contributed by atoms with van der Waals surface area (Å²) >= 11 is 3.13. The summed E-state index contributed by atoms with van der Waals surface area (Å²) in [6.45, 7) is 3.85. The van der Waals surface area contributed by atoms with E-state index >= 15 is 0 Å². The van der Waals surface area contributed by atoms with Crippen molar-refractivity contribution in [1.82, 2.24) is 10.2 Å². The van der Waals surface area contributed by atoms with Gasteiger partial charge in [0, 0.05) is 11.3 Å². The van der Waals surface area contributed by atoms with Crippen LogP contribution in [-0.2, 0) is 9.53 Å². The predicted octanol–water partition coefficient (Wildman–Crippen LogP) is 2.45. The molecule has 1 heterocycles. The van der Waals surface area contributed by atoms with Crippen LogP contribution in [-0.4, -0.2) is 29.0 Å². The first kappa shape index (κ1) is 13.2. The number of aryl methyl sites for hydroxylation is 1. The smallest absolute Gasteiger partial charge is 0.333 e. The number of carbonyl (C=O) groups excluding carboxylic acids is 1. The molecule has 0 aliphatic rings. The zero-order chi connectivity index (χ0) is 12.0. The van der Waals surface area contributed by atoms with Crippen LogP contribution in [0.4, 0.5) is 0 Å². The molecule has 4 nitrogen and oxygen atoms in total. The van der Waals surface area contributed by atoms with E-state index < -0.39 is 0 Å². The Labute approximate surface area is 103 Å². The van der Waals surface area contributed by atoms with E-state index in [-0.39, 0.29) is 5.97 Å². The summed E-state index contributed by atoms with van der Waals surface area (Å²) in [4.78, 5) is 11.3. The van der Waals surface area contributed by atoms with Crippen molar-refractivity contribution >= 4 is 29.1 Å². The summed E-state index contributed by atoms with van der Waals surface area (Å²) < 4.78 is 5.59. The van der Waals surface area contributed by atoms with Crippen LogP contribution in [0, 0.1) is 6.92 Å². The van der Waals surface area contributed by atoms with Gasteiger partial charge >= 0.3 is 5.97 Å². The molecular weight excluding hydrogens is 244 g/mol. The second kappa shape index (κ2) is 6.65. The highest BCUT2D eigenvalue weighted by atomic mass is 32.2. The van der Waals surface area contributed by atoms with E-state index in [1.807, 2.05) is 19.9 Å². The Bertz CT molecular complexity index is 388. The number of thioether (sulfide) groups is 1. The SMILES string of the molecule is CCC(=CCSc1nnc(C)s1)C(=O)OC. The zero-order valence-electron chi connectivity index (χ0n) is 9.52. The fourth-order valence-corrected chi connectivity index (χ4v) is 2.80. The van der Waals surface area contributed by atoms with Gasteiger partial charge in [0.25, 0.3) is 0 Å². The van der Waals surface area contributed by atoms with Gasteiger partial charge in [-0.05, 0) is 13.3 Å². The zero-order valence-corrected chi connectivity index (χ0v) is 11.2. The maximum atomic E-state index is 11.3. The highest BCUT2D eigenvalue weighted by molar-refractivity contribution is 8.01. The van der Waals surface area contributed by atoms with Gasteiger partial charge in [0.15, 0.2) is 4.34 Å². The molecule has 6 heteroatoms. The van der Waals surface area contributed by atoms with Gasteiger partial charge in [0.1, 0.15) is 5.01 Å². The average molecular weight is 258 g/mol. The van der Waals surface area contributed by atoms with Crippen LogP contribution in [0.25, 0.3) is 0 Å². The highest BCUT2D eigenvalue weighted by Gasteiger charge is 2.06. The largest absolute Gasteiger partial charge is 0.466 e. The minimum Gasteiger partial charge on any atom is -0.466 e. The number of ether oxygens (including phenoxy) is 1. The van der Waals surface area contributed by atoms with Gasteiger partial charge in [0.05, 0.1) is 7.11 Å². The van der Waals surface area contributed by atoms with E-state index in [0.29, 0.717) is 17.7 Å². The molecule has 0 fully saturated rings. The average Bonchev–Trinajstić information content (AvgIpc) is 2.69. The van der Waals surface area contributed by atoms with Gasteiger partial charge in [-0.1, -0.05) is 36.1 Å². The Morgan fingerprint density at radius 1 is 1.56 bits per heavy atom. The van der Waals surface area contributed by atoms with E-state index in [4.69, 9.17) is 0 Å². The van der Waals surface area contributed by atoms with Gasteiger partial charge in [-0.25, -0.2) is 4.79 Å². The summed E-state index contributed by atoms with van der Waals surface area (Å²) in [5.41, 5.74) is 0.705. The van der Waals surface area contributed by atoms with Crippen LogP contribution in [0.3, 0.4) is 0 Å². The second-order valence-corrected chi connectivity index (χ2v) is 5.42. The molecule has 0 bridgehead atoms. The first-order valence-corrected chi connectivity index (χ1v) is 6.67. The van der Waals surface area contributed by atoms with Crippen LogP contribution in [0.15, 0.2) is 16.0 Å². The van der Waals surface area contributed by atoms with Crippen molar-refractivity contribution in [1.29, 1.82) is 0 Å². The lowest BCUT2D eigenvalue weighted by atomic mass is 10.2. The van der Waals surface area contributed by atoms with Crippen molar-refractivity contribution in [3.63, 3.8) is 0 Å².